The highest BCUT2D eigenvalue weighted by Gasteiger charge is 2.03. The van der Waals surface area contributed by atoms with Crippen molar-refractivity contribution in [2.24, 2.45) is 0 Å². The van der Waals surface area contributed by atoms with Gasteiger partial charge in [0.1, 0.15) is 0 Å². The fraction of sp³-hybridized carbons (Fsp3) is 0.895. The first kappa shape index (κ1) is 24.5. The van der Waals surface area contributed by atoms with E-state index in [4.69, 9.17) is 24.1 Å². The van der Waals surface area contributed by atoms with E-state index in [1.165, 1.54) is 32.1 Å². The number of rotatable bonds is 21. The highest BCUT2D eigenvalue weighted by molar-refractivity contribution is 4.65. The zero-order valence-corrected chi connectivity index (χ0v) is 15.7. The van der Waals surface area contributed by atoms with Gasteiger partial charge in [-0.25, -0.2) is 0 Å². The summed E-state index contributed by atoms with van der Waals surface area (Å²) in [4.78, 5) is 0. The Kier molecular flexibility index (Phi) is 21.1. The fourth-order valence-corrected chi connectivity index (χ4v) is 2.23. The van der Waals surface area contributed by atoms with Crippen molar-refractivity contribution in [3.63, 3.8) is 0 Å². The van der Waals surface area contributed by atoms with Gasteiger partial charge in [-0.2, -0.15) is 0 Å². The van der Waals surface area contributed by atoms with E-state index in [9.17, 15) is 5.11 Å². The second-order valence-electron chi connectivity index (χ2n) is 5.90. The summed E-state index contributed by atoms with van der Waals surface area (Å²) in [5.74, 6) is 0. The maximum absolute atomic E-state index is 9.63. The number of allylic oxidation sites excluding steroid dienone is 1. The Labute approximate surface area is 153 Å². The zero-order chi connectivity index (χ0) is 18.4. The average molecular weight is 363 g/mol. The van der Waals surface area contributed by atoms with E-state index < -0.39 is 6.29 Å². The molecule has 0 heterocycles. The largest absolute Gasteiger partial charge is 0.394 e. The summed E-state index contributed by atoms with van der Waals surface area (Å²) in [6.07, 6.45) is 10.7. The minimum Gasteiger partial charge on any atom is -0.394 e. The molecule has 6 heteroatoms. The minimum absolute atomic E-state index is 0.0249. The van der Waals surface area contributed by atoms with E-state index in [2.05, 4.69) is 6.58 Å². The lowest BCUT2D eigenvalue weighted by molar-refractivity contribution is -0.141. The Morgan fingerprint density at radius 2 is 1.28 bits per heavy atom. The van der Waals surface area contributed by atoms with Gasteiger partial charge in [0.15, 0.2) is 6.29 Å². The average Bonchev–Trinajstić information content (AvgIpc) is 2.62. The molecule has 0 saturated carbocycles. The quantitative estimate of drug-likeness (QED) is 0.186. The topological polar surface area (TPSA) is 77.4 Å². The van der Waals surface area contributed by atoms with Crippen LogP contribution in [0.3, 0.4) is 0 Å². The van der Waals surface area contributed by atoms with Crippen molar-refractivity contribution in [3.8, 4) is 0 Å². The molecule has 1 atom stereocenters. The van der Waals surface area contributed by atoms with Crippen molar-refractivity contribution in [3.05, 3.63) is 12.7 Å². The molecule has 0 aliphatic heterocycles. The highest BCUT2D eigenvalue weighted by Crippen LogP contribution is 2.09. The van der Waals surface area contributed by atoms with Crippen LogP contribution in [0.1, 0.15) is 51.4 Å². The summed E-state index contributed by atoms with van der Waals surface area (Å²) in [5.41, 5.74) is 0. The van der Waals surface area contributed by atoms with Gasteiger partial charge in [0, 0.05) is 6.61 Å². The Hall–Kier alpha value is -0.500. The highest BCUT2D eigenvalue weighted by atomic mass is 16.6. The van der Waals surface area contributed by atoms with Gasteiger partial charge in [0.2, 0.25) is 0 Å². The van der Waals surface area contributed by atoms with E-state index in [0.29, 0.717) is 39.6 Å². The lowest BCUT2D eigenvalue weighted by atomic mass is 10.1. The third-order valence-electron chi connectivity index (χ3n) is 3.60. The van der Waals surface area contributed by atoms with Crippen molar-refractivity contribution >= 4 is 0 Å². The van der Waals surface area contributed by atoms with Crippen LogP contribution in [0.15, 0.2) is 12.7 Å². The summed E-state index contributed by atoms with van der Waals surface area (Å²) >= 11 is 0. The maximum atomic E-state index is 9.63. The van der Waals surface area contributed by atoms with Crippen molar-refractivity contribution in [2.45, 2.75) is 57.7 Å². The first-order chi connectivity index (χ1) is 12.3. The van der Waals surface area contributed by atoms with E-state index in [0.717, 1.165) is 19.3 Å². The molecular formula is C19H38O6. The van der Waals surface area contributed by atoms with Crippen molar-refractivity contribution in [1.29, 1.82) is 0 Å². The van der Waals surface area contributed by atoms with Crippen molar-refractivity contribution in [2.75, 3.05) is 52.9 Å². The van der Waals surface area contributed by atoms with Crippen LogP contribution in [-0.4, -0.2) is 69.4 Å². The van der Waals surface area contributed by atoms with Gasteiger partial charge in [0.25, 0.3) is 0 Å². The Morgan fingerprint density at radius 1 is 0.720 bits per heavy atom. The van der Waals surface area contributed by atoms with Crippen LogP contribution < -0.4 is 0 Å². The molecule has 0 aromatic rings. The van der Waals surface area contributed by atoms with Gasteiger partial charge >= 0.3 is 0 Å². The third kappa shape index (κ3) is 21.5. The normalized spacial score (nSPS) is 12.4. The summed E-state index contributed by atoms with van der Waals surface area (Å²) in [5, 5.41) is 18.2. The second kappa shape index (κ2) is 21.5. The summed E-state index contributed by atoms with van der Waals surface area (Å²) in [6, 6.07) is 0. The van der Waals surface area contributed by atoms with Crippen molar-refractivity contribution in [1.82, 2.24) is 0 Å². The standard InChI is InChI=1S/C19H38O6/c1-2-3-4-5-6-7-8-9-10-12-25-19(21)18-24-17-16-23-15-14-22-13-11-20/h2,19-21H,1,3-18H2. The first-order valence-corrected chi connectivity index (χ1v) is 9.56. The molecule has 150 valence electrons. The van der Waals surface area contributed by atoms with Crippen molar-refractivity contribution < 1.29 is 29.2 Å². The molecule has 0 amide bonds. The zero-order valence-electron chi connectivity index (χ0n) is 15.7. The molecule has 0 aromatic heterocycles. The van der Waals surface area contributed by atoms with Crippen LogP contribution in [0, 0.1) is 0 Å². The fourth-order valence-electron chi connectivity index (χ4n) is 2.23. The molecule has 0 saturated heterocycles. The first-order valence-electron chi connectivity index (χ1n) is 9.56. The van der Waals surface area contributed by atoms with Gasteiger partial charge < -0.3 is 29.2 Å². The molecular weight excluding hydrogens is 324 g/mol. The smallest absolute Gasteiger partial charge is 0.178 e. The number of unbranched alkanes of at least 4 members (excludes halogenated alkanes) is 7. The lowest BCUT2D eigenvalue weighted by Gasteiger charge is -2.12. The molecule has 0 aromatic carbocycles. The van der Waals surface area contributed by atoms with E-state index >= 15 is 0 Å². The summed E-state index contributed by atoms with van der Waals surface area (Å²) in [7, 11) is 0. The molecule has 0 fully saturated rings. The maximum Gasteiger partial charge on any atom is 0.178 e. The van der Waals surface area contributed by atoms with Gasteiger partial charge in [-0.3, -0.25) is 0 Å². The monoisotopic (exact) mass is 362 g/mol. The molecule has 0 aliphatic carbocycles. The van der Waals surface area contributed by atoms with Gasteiger partial charge in [-0.05, 0) is 19.3 Å². The van der Waals surface area contributed by atoms with Crippen LogP contribution in [0.2, 0.25) is 0 Å². The Morgan fingerprint density at radius 3 is 1.92 bits per heavy atom. The number of hydrogen-bond acceptors (Lipinski definition) is 6. The molecule has 2 N–H and O–H groups in total. The summed E-state index contributed by atoms with van der Waals surface area (Å²) < 4.78 is 20.9. The molecule has 25 heavy (non-hydrogen) atoms. The van der Waals surface area contributed by atoms with Crippen LogP contribution in [0.5, 0.6) is 0 Å². The SMILES string of the molecule is C=CCCCCCCCCCOC(O)COCCOCCOCCO. The predicted octanol–water partition coefficient (Wildman–Crippen LogP) is 2.67. The van der Waals surface area contributed by atoms with E-state index in [-0.39, 0.29) is 13.2 Å². The summed E-state index contributed by atoms with van der Waals surface area (Å²) in [6.45, 7) is 6.60. The molecule has 0 bridgehead atoms. The van der Waals surface area contributed by atoms with Crippen LogP contribution >= 0.6 is 0 Å². The third-order valence-corrected chi connectivity index (χ3v) is 3.60. The Bertz CT molecular complexity index is 262. The van der Waals surface area contributed by atoms with E-state index in [1.54, 1.807) is 0 Å². The number of ether oxygens (including phenoxy) is 4. The van der Waals surface area contributed by atoms with Gasteiger partial charge in [0.05, 0.1) is 46.2 Å². The lowest BCUT2D eigenvalue weighted by Crippen LogP contribution is -2.21. The molecule has 1 unspecified atom stereocenters. The van der Waals surface area contributed by atoms with Gasteiger partial charge in [-0.1, -0.05) is 38.2 Å². The van der Waals surface area contributed by atoms with Gasteiger partial charge in [-0.15, -0.1) is 6.58 Å². The number of hydrogen-bond donors (Lipinski definition) is 2. The molecule has 6 nitrogen and oxygen atoms in total. The molecule has 0 aliphatic rings. The number of aliphatic hydroxyl groups is 2. The number of aliphatic hydroxyl groups excluding tert-OH is 2. The predicted molar refractivity (Wildman–Crippen MR) is 98.6 cm³/mol. The molecule has 0 radical (unpaired) electrons. The second-order valence-corrected chi connectivity index (χ2v) is 5.90. The minimum atomic E-state index is -0.869. The Balaban J connectivity index is 3.13. The van der Waals surface area contributed by atoms with E-state index in [1.807, 2.05) is 6.08 Å². The molecule has 0 spiro atoms. The van der Waals surface area contributed by atoms with Crippen LogP contribution in [0.4, 0.5) is 0 Å². The van der Waals surface area contributed by atoms with Crippen LogP contribution in [-0.2, 0) is 18.9 Å². The molecule has 0 rings (SSSR count). The van der Waals surface area contributed by atoms with Crippen LogP contribution in [0.25, 0.3) is 0 Å².